The molecule has 3 aromatic carbocycles. The minimum Gasteiger partial charge on any atom is -0.274 e. The first-order valence-electron chi connectivity index (χ1n) is 11.4. The van der Waals surface area contributed by atoms with Gasteiger partial charge in [0.1, 0.15) is 11.9 Å². The number of amides is 2. The number of imide groups is 1. The number of hydrogen-bond acceptors (Lipinski definition) is 4. The van der Waals surface area contributed by atoms with Crippen molar-refractivity contribution in [3.63, 3.8) is 0 Å². The first kappa shape index (κ1) is 26.0. The van der Waals surface area contributed by atoms with Crippen LogP contribution in [-0.4, -0.2) is 30.6 Å². The maximum absolute atomic E-state index is 14.2. The van der Waals surface area contributed by atoms with Crippen LogP contribution in [0.15, 0.2) is 59.5 Å². The van der Waals surface area contributed by atoms with Gasteiger partial charge in [0.25, 0.3) is 5.91 Å². The minimum atomic E-state index is -4.25. The van der Waals surface area contributed by atoms with Crippen LogP contribution in [0.3, 0.4) is 0 Å². The van der Waals surface area contributed by atoms with Gasteiger partial charge < -0.3 is 0 Å². The quantitative estimate of drug-likeness (QED) is 0.410. The van der Waals surface area contributed by atoms with E-state index in [1.807, 2.05) is 19.9 Å². The fourth-order valence-corrected chi connectivity index (χ4v) is 6.79. The Morgan fingerprint density at radius 1 is 0.944 bits per heavy atom. The van der Waals surface area contributed by atoms with Gasteiger partial charge in [-0.1, -0.05) is 29.8 Å². The van der Waals surface area contributed by atoms with E-state index in [1.165, 1.54) is 36.4 Å². The van der Waals surface area contributed by atoms with Crippen molar-refractivity contribution in [1.29, 1.82) is 0 Å². The summed E-state index contributed by atoms with van der Waals surface area (Å²) in [5.74, 6) is -1.62. The number of rotatable bonds is 6. The SMILES string of the molecule is Cc1cc(C)c(C)c(S(=O)(=O)N(Cc2ccc(F)cc2)C2CC(=O)N(c3ccc(Cl)cc3)C2=O)c1C. The largest absolute Gasteiger partial charge is 0.274 e. The van der Waals surface area contributed by atoms with E-state index in [0.29, 0.717) is 27.4 Å². The van der Waals surface area contributed by atoms with E-state index >= 15 is 0 Å². The first-order chi connectivity index (χ1) is 16.9. The second kappa shape index (κ2) is 9.76. The second-order valence-corrected chi connectivity index (χ2v) is 11.3. The van der Waals surface area contributed by atoms with Crippen LogP contribution in [0.1, 0.15) is 34.2 Å². The molecule has 9 heteroatoms. The summed E-state index contributed by atoms with van der Waals surface area (Å²) in [5, 5.41) is 0.440. The highest BCUT2D eigenvalue weighted by atomic mass is 35.5. The molecule has 3 aromatic rings. The summed E-state index contributed by atoms with van der Waals surface area (Å²) in [6.07, 6.45) is -0.315. The lowest BCUT2D eigenvalue weighted by Crippen LogP contribution is -2.45. The van der Waals surface area contributed by atoms with Crippen LogP contribution in [0.4, 0.5) is 10.1 Å². The van der Waals surface area contributed by atoms with Gasteiger partial charge in [0.2, 0.25) is 15.9 Å². The molecule has 2 amide bonds. The molecule has 0 N–H and O–H groups in total. The van der Waals surface area contributed by atoms with E-state index in [2.05, 4.69) is 0 Å². The summed E-state index contributed by atoms with van der Waals surface area (Å²) in [6, 6.07) is 12.2. The van der Waals surface area contributed by atoms with Crippen molar-refractivity contribution in [3.05, 3.63) is 93.3 Å². The summed E-state index contributed by atoms with van der Waals surface area (Å²) in [5.41, 5.74) is 3.56. The maximum Gasteiger partial charge on any atom is 0.252 e. The normalized spacial score (nSPS) is 16.3. The molecule has 0 radical (unpaired) electrons. The summed E-state index contributed by atoms with van der Waals surface area (Å²) in [7, 11) is -4.25. The molecule has 1 aliphatic heterocycles. The Balaban J connectivity index is 1.84. The molecule has 1 heterocycles. The molecule has 4 rings (SSSR count). The van der Waals surface area contributed by atoms with Gasteiger partial charge in [-0.05, 0) is 91.9 Å². The van der Waals surface area contributed by atoms with Gasteiger partial charge in [-0.3, -0.25) is 9.59 Å². The lowest BCUT2D eigenvalue weighted by molar-refractivity contribution is -0.122. The van der Waals surface area contributed by atoms with Crippen molar-refractivity contribution in [1.82, 2.24) is 4.31 Å². The zero-order valence-electron chi connectivity index (χ0n) is 20.4. The number of benzene rings is 3. The molecule has 0 aliphatic carbocycles. The zero-order valence-corrected chi connectivity index (χ0v) is 22.0. The molecular weight excluding hydrogens is 503 g/mol. The van der Waals surface area contributed by atoms with Crippen molar-refractivity contribution in [2.75, 3.05) is 4.90 Å². The Labute approximate surface area is 215 Å². The molecule has 1 unspecified atom stereocenters. The number of nitrogens with zero attached hydrogens (tertiary/aromatic N) is 2. The summed E-state index contributed by atoms with van der Waals surface area (Å²) >= 11 is 5.95. The number of hydrogen-bond donors (Lipinski definition) is 0. The number of carbonyl (C=O) groups is 2. The summed E-state index contributed by atoms with van der Waals surface area (Å²) < 4.78 is 43.1. The Morgan fingerprint density at radius 2 is 1.50 bits per heavy atom. The van der Waals surface area contributed by atoms with Crippen LogP contribution >= 0.6 is 11.6 Å². The second-order valence-electron chi connectivity index (χ2n) is 9.03. The van der Waals surface area contributed by atoms with E-state index in [1.54, 1.807) is 26.0 Å². The molecule has 188 valence electrons. The molecule has 1 saturated heterocycles. The number of sulfonamides is 1. The minimum absolute atomic E-state index is 0.118. The topological polar surface area (TPSA) is 74.8 Å². The summed E-state index contributed by atoms with van der Waals surface area (Å²) in [6.45, 7) is 6.92. The average molecular weight is 529 g/mol. The van der Waals surface area contributed by atoms with Gasteiger partial charge in [0.15, 0.2) is 0 Å². The van der Waals surface area contributed by atoms with Crippen LogP contribution in [-0.2, 0) is 26.2 Å². The number of anilines is 1. The highest BCUT2D eigenvalue weighted by Crippen LogP contribution is 2.34. The zero-order chi connectivity index (χ0) is 26.4. The van der Waals surface area contributed by atoms with E-state index < -0.39 is 33.7 Å². The van der Waals surface area contributed by atoms with E-state index in [4.69, 9.17) is 11.6 Å². The van der Waals surface area contributed by atoms with Crippen molar-refractivity contribution in [3.8, 4) is 0 Å². The lowest BCUT2D eigenvalue weighted by atomic mass is 10.0. The number of carbonyl (C=O) groups excluding carboxylic acids is 2. The van der Waals surface area contributed by atoms with Crippen LogP contribution in [0.2, 0.25) is 5.02 Å². The van der Waals surface area contributed by atoms with E-state index in [-0.39, 0.29) is 17.9 Å². The Kier molecular flexibility index (Phi) is 7.05. The molecule has 1 atom stereocenters. The Hall–Kier alpha value is -3.07. The monoisotopic (exact) mass is 528 g/mol. The van der Waals surface area contributed by atoms with Crippen molar-refractivity contribution in [2.24, 2.45) is 0 Å². The van der Waals surface area contributed by atoms with Gasteiger partial charge >= 0.3 is 0 Å². The predicted octanol–water partition coefficient (Wildman–Crippen LogP) is 5.24. The van der Waals surface area contributed by atoms with Gasteiger partial charge in [0, 0.05) is 11.6 Å². The molecule has 36 heavy (non-hydrogen) atoms. The number of halogens is 2. The highest BCUT2D eigenvalue weighted by Gasteiger charge is 2.47. The fraction of sp³-hybridized carbons (Fsp3) is 0.259. The molecule has 1 fully saturated rings. The third kappa shape index (κ3) is 4.68. The molecule has 0 saturated carbocycles. The third-order valence-corrected chi connectivity index (χ3v) is 9.05. The highest BCUT2D eigenvalue weighted by molar-refractivity contribution is 7.89. The van der Waals surface area contributed by atoms with Crippen molar-refractivity contribution >= 4 is 39.1 Å². The fourth-order valence-electron chi connectivity index (χ4n) is 4.52. The smallest absolute Gasteiger partial charge is 0.252 e. The predicted molar refractivity (Wildman–Crippen MR) is 137 cm³/mol. The maximum atomic E-state index is 14.2. The van der Waals surface area contributed by atoms with Crippen molar-refractivity contribution < 1.29 is 22.4 Å². The van der Waals surface area contributed by atoms with E-state index in [0.717, 1.165) is 20.3 Å². The average Bonchev–Trinajstić information content (AvgIpc) is 3.11. The molecule has 0 spiro atoms. The van der Waals surface area contributed by atoms with Gasteiger partial charge in [-0.2, -0.15) is 4.31 Å². The van der Waals surface area contributed by atoms with Crippen LogP contribution < -0.4 is 4.90 Å². The van der Waals surface area contributed by atoms with Gasteiger partial charge in [0.05, 0.1) is 17.0 Å². The van der Waals surface area contributed by atoms with Gasteiger partial charge in [-0.15, -0.1) is 0 Å². The van der Waals surface area contributed by atoms with Crippen LogP contribution in [0.5, 0.6) is 0 Å². The molecule has 0 bridgehead atoms. The summed E-state index contributed by atoms with van der Waals surface area (Å²) in [4.78, 5) is 27.7. The number of aryl methyl sites for hydroxylation is 2. The van der Waals surface area contributed by atoms with Crippen LogP contribution in [0, 0.1) is 33.5 Å². The molecule has 6 nitrogen and oxygen atoms in total. The lowest BCUT2D eigenvalue weighted by Gasteiger charge is -2.29. The standard InChI is InChI=1S/C27H26ClFN2O4S/c1-16-13-17(2)19(4)26(18(16)3)36(34,35)30(15-20-5-9-22(29)10-6-20)24-14-25(32)31(27(24)33)23-11-7-21(28)8-12-23/h5-13,24H,14-15H2,1-4H3. The van der Waals surface area contributed by atoms with Gasteiger partial charge in [-0.25, -0.2) is 17.7 Å². The molecule has 1 aliphatic rings. The Bertz CT molecular complexity index is 1430. The van der Waals surface area contributed by atoms with Crippen LogP contribution in [0.25, 0.3) is 0 Å². The third-order valence-electron chi connectivity index (χ3n) is 6.67. The molecule has 0 aromatic heterocycles. The first-order valence-corrected chi connectivity index (χ1v) is 13.2. The molecular formula is C27H26ClFN2O4S. The Morgan fingerprint density at radius 3 is 2.06 bits per heavy atom. The van der Waals surface area contributed by atoms with E-state index in [9.17, 15) is 22.4 Å². The van der Waals surface area contributed by atoms with Crippen molar-refractivity contribution in [2.45, 2.75) is 51.6 Å².